The van der Waals surface area contributed by atoms with E-state index in [4.69, 9.17) is 0 Å². The third-order valence-electron chi connectivity index (χ3n) is 2.64. The SMILES string of the molecule is CC(O)(CCCS(C)(=O)=O)c1ccc(F)cc1. The molecule has 0 aliphatic carbocycles. The van der Waals surface area contributed by atoms with E-state index in [1.54, 1.807) is 6.92 Å². The van der Waals surface area contributed by atoms with E-state index >= 15 is 0 Å². The Balaban J connectivity index is 2.65. The van der Waals surface area contributed by atoms with Crippen LogP contribution in [0, 0.1) is 5.82 Å². The lowest BCUT2D eigenvalue weighted by Crippen LogP contribution is -2.22. The maximum atomic E-state index is 12.7. The van der Waals surface area contributed by atoms with Gasteiger partial charge in [-0.05, 0) is 37.5 Å². The third-order valence-corrected chi connectivity index (χ3v) is 3.68. The summed E-state index contributed by atoms with van der Waals surface area (Å²) in [7, 11) is -3.01. The van der Waals surface area contributed by atoms with Crippen LogP contribution in [0.25, 0.3) is 0 Å². The zero-order valence-corrected chi connectivity index (χ0v) is 10.8. The molecule has 0 saturated heterocycles. The summed E-state index contributed by atoms with van der Waals surface area (Å²) < 4.78 is 34.7. The second-order valence-corrected chi connectivity index (χ2v) is 6.77. The van der Waals surface area contributed by atoms with Crippen molar-refractivity contribution in [3.8, 4) is 0 Å². The Labute approximate surface area is 101 Å². The first kappa shape index (κ1) is 14.1. The van der Waals surface area contributed by atoms with E-state index in [2.05, 4.69) is 0 Å². The molecule has 0 fully saturated rings. The Morgan fingerprint density at radius 1 is 1.29 bits per heavy atom. The number of sulfone groups is 1. The molecule has 3 nitrogen and oxygen atoms in total. The van der Waals surface area contributed by atoms with E-state index < -0.39 is 15.4 Å². The topological polar surface area (TPSA) is 54.4 Å². The first-order valence-electron chi connectivity index (χ1n) is 5.37. The molecule has 0 heterocycles. The van der Waals surface area contributed by atoms with Gasteiger partial charge in [0.05, 0.1) is 5.60 Å². The van der Waals surface area contributed by atoms with Crippen molar-refractivity contribution in [3.05, 3.63) is 35.6 Å². The summed E-state index contributed by atoms with van der Waals surface area (Å²) in [6.07, 6.45) is 1.87. The smallest absolute Gasteiger partial charge is 0.147 e. The molecule has 17 heavy (non-hydrogen) atoms. The van der Waals surface area contributed by atoms with Gasteiger partial charge in [-0.15, -0.1) is 0 Å². The highest BCUT2D eigenvalue weighted by Gasteiger charge is 2.23. The molecular weight excluding hydrogens is 243 g/mol. The van der Waals surface area contributed by atoms with Gasteiger partial charge in [-0.25, -0.2) is 12.8 Å². The number of benzene rings is 1. The molecule has 1 aromatic carbocycles. The molecule has 0 aliphatic heterocycles. The Morgan fingerprint density at radius 3 is 2.29 bits per heavy atom. The first-order chi connectivity index (χ1) is 7.71. The van der Waals surface area contributed by atoms with Crippen LogP contribution in [-0.2, 0) is 15.4 Å². The van der Waals surface area contributed by atoms with Gasteiger partial charge in [-0.3, -0.25) is 0 Å². The van der Waals surface area contributed by atoms with Crippen LogP contribution in [-0.4, -0.2) is 25.5 Å². The second-order valence-electron chi connectivity index (χ2n) is 4.51. The Hall–Kier alpha value is -0.940. The molecular formula is C12H17FO3S. The van der Waals surface area contributed by atoms with E-state index in [0.29, 0.717) is 18.4 Å². The lowest BCUT2D eigenvalue weighted by atomic mass is 9.91. The van der Waals surface area contributed by atoms with Crippen molar-refractivity contribution < 1.29 is 17.9 Å². The van der Waals surface area contributed by atoms with Crippen molar-refractivity contribution in [1.29, 1.82) is 0 Å². The molecule has 1 rings (SSSR count). The highest BCUT2D eigenvalue weighted by molar-refractivity contribution is 7.90. The van der Waals surface area contributed by atoms with Gasteiger partial charge >= 0.3 is 0 Å². The van der Waals surface area contributed by atoms with Crippen LogP contribution in [0.3, 0.4) is 0 Å². The summed E-state index contributed by atoms with van der Waals surface area (Å²) >= 11 is 0. The zero-order valence-electron chi connectivity index (χ0n) is 9.98. The van der Waals surface area contributed by atoms with E-state index in [-0.39, 0.29) is 11.6 Å². The third kappa shape index (κ3) is 4.83. The molecule has 0 aromatic heterocycles. The number of halogens is 1. The maximum Gasteiger partial charge on any atom is 0.147 e. The summed E-state index contributed by atoms with van der Waals surface area (Å²) in [6.45, 7) is 1.60. The average Bonchev–Trinajstić information content (AvgIpc) is 2.15. The van der Waals surface area contributed by atoms with E-state index in [1.165, 1.54) is 30.5 Å². The van der Waals surface area contributed by atoms with Crippen molar-refractivity contribution in [2.45, 2.75) is 25.4 Å². The number of aliphatic hydroxyl groups is 1. The molecule has 1 aromatic rings. The predicted molar refractivity (Wildman–Crippen MR) is 64.9 cm³/mol. The largest absolute Gasteiger partial charge is 0.385 e. The normalized spacial score (nSPS) is 15.5. The molecule has 5 heteroatoms. The van der Waals surface area contributed by atoms with Gasteiger partial charge in [0.15, 0.2) is 0 Å². The standard InChI is InChI=1S/C12H17FO3S/c1-12(14,8-3-9-17(2,15)16)10-4-6-11(13)7-5-10/h4-7,14H,3,8-9H2,1-2H3. The molecule has 96 valence electrons. The second kappa shape index (κ2) is 5.14. The number of rotatable bonds is 5. The van der Waals surface area contributed by atoms with Crippen LogP contribution in [0.5, 0.6) is 0 Å². The van der Waals surface area contributed by atoms with Crippen LogP contribution in [0.15, 0.2) is 24.3 Å². The maximum absolute atomic E-state index is 12.7. The van der Waals surface area contributed by atoms with Crippen molar-refractivity contribution in [1.82, 2.24) is 0 Å². The number of hydrogen-bond acceptors (Lipinski definition) is 3. The summed E-state index contributed by atoms with van der Waals surface area (Å²) in [5.41, 5.74) is -0.536. The lowest BCUT2D eigenvalue weighted by molar-refractivity contribution is 0.0471. The van der Waals surface area contributed by atoms with Crippen molar-refractivity contribution >= 4 is 9.84 Å². The monoisotopic (exact) mass is 260 g/mol. The van der Waals surface area contributed by atoms with Gasteiger partial charge in [0.1, 0.15) is 15.7 Å². The number of hydrogen-bond donors (Lipinski definition) is 1. The molecule has 0 aliphatic rings. The highest BCUT2D eigenvalue weighted by Crippen LogP contribution is 2.26. The van der Waals surface area contributed by atoms with Gasteiger partial charge in [0, 0.05) is 12.0 Å². The predicted octanol–water partition coefficient (Wildman–Crippen LogP) is 1.86. The van der Waals surface area contributed by atoms with Gasteiger partial charge < -0.3 is 5.11 Å². The Kier molecular flexibility index (Phi) is 4.27. The molecule has 0 bridgehead atoms. The summed E-state index contributed by atoms with van der Waals surface area (Å²) in [5.74, 6) is -0.314. The van der Waals surface area contributed by atoms with Crippen molar-refractivity contribution in [2.75, 3.05) is 12.0 Å². The zero-order chi connectivity index (χ0) is 13.1. The first-order valence-corrected chi connectivity index (χ1v) is 7.43. The van der Waals surface area contributed by atoms with Gasteiger partial charge in [0.25, 0.3) is 0 Å². The summed E-state index contributed by atoms with van der Waals surface area (Å²) in [4.78, 5) is 0. The fraction of sp³-hybridized carbons (Fsp3) is 0.500. The molecule has 1 atom stereocenters. The minimum Gasteiger partial charge on any atom is -0.385 e. The average molecular weight is 260 g/mol. The lowest BCUT2D eigenvalue weighted by Gasteiger charge is -2.23. The molecule has 0 amide bonds. The molecule has 0 spiro atoms. The van der Waals surface area contributed by atoms with Crippen LogP contribution in [0.2, 0.25) is 0 Å². The minimum atomic E-state index is -3.01. The Morgan fingerprint density at radius 2 is 1.82 bits per heavy atom. The van der Waals surface area contributed by atoms with Crippen LogP contribution < -0.4 is 0 Å². The Bertz CT molecular complexity index is 463. The van der Waals surface area contributed by atoms with Crippen LogP contribution in [0.1, 0.15) is 25.3 Å². The van der Waals surface area contributed by atoms with Crippen LogP contribution >= 0.6 is 0 Å². The van der Waals surface area contributed by atoms with Gasteiger partial charge in [0.2, 0.25) is 0 Å². The molecule has 0 saturated carbocycles. The molecule has 0 radical (unpaired) electrons. The van der Waals surface area contributed by atoms with Gasteiger partial charge in [-0.1, -0.05) is 12.1 Å². The van der Waals surface area contributed by atoms with E-state index in [0.717, 1.165) is 0 Å². The van der Waals surface area contributed by atoms with E-state index in [9.17, 15) is 17.9 Å². The summed E-state index contributed by atoms with van der Waals surface area (Å²) in [5, 5.41) is 10.2. The fourth-order valence-electron chi connectivity index (χ4n) is 1.63. The van der Waals surface area contributed by atoms with Crippen molar-refractivity contribution in [3.63, 3.8) is 0 Å². The molecule has 1 N–H and O–H groups in total. The highest BCUT2D eigenvalue weighted by atomic mass is 32.2. The quantitative estimate of drug-likeness (QED) is 0.879. The summed E-state index contributed by atoms with van der Waals surface area (Å²) in [6, 6.07) is 5.58. The van der Waals surface area contributed by atoms with Crippen molar-refractivity contribution in [2.24, 2.45) is 0 Å². The van der Waals surface area contributed by atoms with E-state index in [1.807, 2.05) is 0 Å². The van der Waals surface area contributed by atoms with Gasteiger partial charge in [-0.2, -0.15) is 0 Å². The van der Waals surface area contributed by atoms with Crippen LogP contribution in [0.4, 0.5) is 4.39 Å². The fourth-order valence-corrected chi connectivity index (χ4v) is 2.30. The minimum absolute atomic E-state index is 0.0460. The molecule has 1 unspecified atom stereocenters.